The molecule has 0 amide bonds. The summed E-state index contributed by atoms with van der Waals surface area (Å²) in [6.45, 7) is 0.928. The van der Waals surface area contributed by atoms with Crippen LogP contribution in [0.4, 0.5) is 0 Å². The summed E-state index contributed by atoms with van der Waals surface area (Å²) in [5.41, 5.74) is 2.27. The summed E-state index contributed by atoms with van der Waals surface area (Å²) in [6.07, 6.45) is 1.50. The Bertz CT molecular complexity index is 1650. The lowest BCUT2D eigenvalue weighted by Gasteiger charge is -2.08. The fraction of sp³-hybridized carbons (Fsp3) is 0.118. The predicted octanol–water partition coefficient (Wildman–Crippen LogP) is 7.88. The molecule has 6 heteroatoms. The zero-order chi connectivity index (χ0) is 27.3. The Kier molecular flexibility index (Phi) is 7.14. The minimum Gasteiger partial charge on any atom is -0.490 e. The lowest BCUT2D eigenvalue weighted by molar-refractivity contribution is 0.100. The molecule has 0 aliphatic rings. The van der Waals surface area contributed by atoms with E-state index < -0.39 is 0 Å². The summed E-state index contributed by atoms with van der Waals surface area (Å²) in [7, 11) is 0. The molecule has 0 bridgehead atoms. The second kappa shape index (κ2) is 11.3. The molecule has 0 saturated carbocycles. The van der Waals surface area contributed by atoms with Crippen molar-refractivity contribution in [3.63, 3.8) is 0 Å². The molecule has 6 rings (SSSR count). The molecule has 0 unspecified atom stereocenters. The van der Waals surface area contributed by atoms with E-state index >= 15 is 0 Å². The van der Waals surface area contributed by atoms with Gasteiger partial charge in [-0.25, -0.2) is 0 Å². The van der Waals surface area contributed by atoms with Crippen molar-refractivity contribution < 1.29 is 27.9 Å². The molecule has 0 spiro atoms. The number of carbonyl (C=O) groups is 2. The van der Waals surface area contributed by atoms with Crippen LogP contribution in [0.15, 0.2) is 118 Å². The van der Waals surface area contributed by atoms with E-state index in [2.05, 4.69) is 0 Å². The number of carbonyl (C=O) groups excluding carboxylic acids is 2. The van der Waals surface area contributed by atoms with Crippen LogP contribution in [0.3, 0.4) is 0 Å². The summed E-state index contributed by atoms with van der Waals surface area (Å²) >= 11 is 0. The summed E-state index contributed by atoms with van der Waals surface area (Å²) in [5.74, 6) is 1.44. The number of ketones is 2. The van der Waals surface area contributed by atoms with Crippen molar-refractivity contribution in [3.05, 3.63) is 132 Å². The topological polar surface area (TPSA) is 78.9 Å². The molecule has 0 aliphatic heterocycles. The second-order valence-electron chi connectivity index (χ2n) is 9.36. The van der Waals surface area contributed by atoms with Gasteiger partial charge in [0, 0.05) is 21.9 Å². The van der Waals surface area contributed by atoms with E-state index in [0.717, 1.165) is 23.6 Å². The highest BCUT2D eigenvalue weighted by Gasteiger charge is 2.18. The van der Waals surface area contributed by atoms with Gasteiger partial charge >= 0.3 is 0 Å². The van der Waals surface area contributed by atoms with Gasteiger partial charge in [0.05, 0.1) is 13.2 Å². The van der Waals surface area contributed by atoms with Crippen LogP contribution in [0.2, 0.25) is 0 Å². The Balaban J connectivity index is 1.04. The molecule has 2 aromatic heterocycles. The second-order valence-corrected chi connectivity index (χ2v) is 9.36. The van der Waals surface area contributed by atoms with Crippen LogP contribution in [0, 0.1) is 0 Å². The van der Waals surface area contributed by atoms with Gasteiger partial charge in [-0.1, -0.05) is 84.9 Å². The van der Waals surface area contributed by atoms with E-state index in [0.29, 0.717) is 47.0 Å². The van der Waals surface area contributed by atoms with Crippen molar-refractivity contribution in [1.29, 1.82) is 0 Å². The Morgan fingerprint density at radius 2 is 0.950 bits per heavy atom. The zero-order valence-electron chi connectivity index (χ0n) is 21.7. The fourth-order valence-electron chi connectivity index (χ4n) is 4.56. The van der Waals surface area contributed by atoms with Gasteiger partial charge in [0.15, 0.2) is 34.2 Å². The van der Waals surface area contributed by atoms with E-state index in [1.54, 1.807) is 36.4 Å². The molecule has 0 fully saturated rings. The van der Waals surface area contributed by atoms with Gasteiger partial charge in [-0.15, -0.1) is 0 Å². The van der Waals surface area contributed by atoms with E-state index in [-0.39, 0.29) is 23.1 Å². The molecule has 198 valence electrons. The van der Waals surface area contributed by atoms with Gasteiger partial charge in [-0.05, 0) is 37.1 Å². The number of benzene rings is 4. The first-order valence-electron chi connectivity index (χ1n) is 13.2. The van der Waals surface area contributed by atoms with E-state index in [4.69, 9.17) is 18.3 Å². The molecule has 4 aromatic carbocycles. The summed E-state index contributed by atoms with van der Waals surface area (Å²) in [5, 5.41) is 1.63. The van der Waals surface area contributed by atoms with Gasteiger partial charge in [0.2, 0.25) is 11.6 Å². The first-order valence-corrected chi connectivity index (χ1v) is 13.2. The molecule has 2 heterocycles. The van der Waals surface area contributed by atoms with E-state index in [1.165, 1.54) is 0 Å². The van der Waals surface area contributed by atoms with Crippen molar-refractivity contribution in [1.82, 2.24) is 0 Å². The van der Waals surface area contributed by atoms with E-state index in [1.807, 2.05) is 72.8 Å². The summed E-state index contributed by atoms with van der Waals surface area (Å²) < 4.78 is 23.8. The monoisotopic (exact) mass is 530 g/mol. The van der Waals surface area contributed by atoms with Crippen LogP contribution in [0.25, 0.3) is 21.9 Å². The quantitative estimate of drug-likeness (QED) is 0.125. The van der Waals surface area contributed by atoms with E-state index in [9.17, 15) is 9.59 Å². The van der Waals surface area contributed by atoms with Gasteiger partial charge < -0.3 is 18.3 Å². The standard InChI is InChI=1S/C34H26O6/c35-31(23-11-3-1-4-12-23)29-21-25-15-9-17-27(33(25)39-29)37-19-7-8-20-38-28-18-10-16-26-22-30(40-34(26)28)32(36)24-13-5-2-6-14-24/h1-6,9-18,21-22H,7-8,19-20H2. The van der Waals surface area contributed by atoms with Gasteiger partial charge in [-0.2, -0.15) is 0 Å². The summed E-state index contributed by atoms with van der Waals surface area (Å²) in [4.78, 5) is 25.6. The molecule has 0 N–H and O–H groups in total. The number of para-hydroxylation sites is 2. The maximum atomic E-state index is 12.8. The molecule has 0 aliphatic carbocycles. The number of hydrogen-bond acceptors (Lipinski definition) is 6. The number of hydrogen-bond donors (Lipinski definition) is 0. The molecule has 0 saturated heterocycles. The SMILES string of the molecule is O=C(c1ccccc1)c1cc2cccc(OCCCCOc3cccc4cc(C(=O)c5ccccc5)oc34)c2o1. The molecule has 40 heavy (non-hydrogen) atoms. The maximum absolute atomic E-state index is 12.8. The van der Waals surface area contributed by atoms with Crippen LogP contribution in [-0.4, -0.2) is 24.8 Å². The maximum Gasteiger partial charge on any atom is 0.228 e. The van der Waals surface area contributed by atoms with Gasteiger partial charge in [0.25, 0.3) is 0 Å². The number of unbranched alkanes of at least 4 members (excludes halogenated alkanes) is 1. The Hall–Kier alpha value is -5.10. The highest BCUT2D eigenvalue weighted by molar-refractivity contribution is 6.10. The third kappa shape index (κ3) is 5.24. The molecule has 6 nitrogen and oxygen atoms in total. The summed E-state index contributed by atoms with van der Waals surface area (Å²) in [6, 6.07) is 32.9. The largest absolute Gasteiger partial charge is 0.490 e. The average Bonchev–Trinajstić information content (AvgIpc) is 3.65. The van der Waals surface area contributed by atoms with Crippen LogP contribution in [0.5, 0.6) is 11.5 Å². The minimum absolute atomic E-state index is 0.164. The minimum atomic E-state index is -0.164. The lowest BCUT2D eigenvalue weighted by Crippen LogP contribution is -2.03. The first kappa shape index (κ1) is 25.2. The Morgan fingerprint density at radius 3 is 1.38 bits per heavy atom. The highest BCUT2D eigenvalue weighted by atomic mass is 16.5. The first-order chi connectivity index (χ1) is 19.7. The van der Waals surface area contributed by atoms with Crippen molar-refractivity contribution in [2.75, 3.05) is 13.2 Å². The van der Waals surface area contributed by atoms with Crippen LogP contribution < -0.4 is 9.47 Å². The molecule has 0 radical (unpaired) electrons. The van der Waals surface area contributed by atoms with Gasteiger partial charge in [0.1, 0.15) is 0 Å². The van der Waals surface area contributed by atoms with Crippen LogP contribution in [-0.2, 0) is 0 Å². The number of furan rings is 2. The number of fused-ring (bicyclic) bond motifs is 2. The van der Waals surface area contributed by atoms with Crippen LogP contribution in [0.1, 0.15) is 45.1 Å². The molecular weight excluding hydrogens is 504 g/mol. The smallest absolute Gasteiger partial charge is 0.228 e. The molecular formula is C34H26O6. The van der Waals surface area contributed by atoms with Crippen molar-refractivity contribution >= 4 is 33.5 Å². The third-order valence-electron chi connectivity index (χ3n) is 6.59. The van der Waals surface area contributed by atoms with Crippen molar-refractivity contribution in [2.24, 2.45) is 0 Å². The average molecular weight is 531 g/mol. The number of ether oxygens (including phenoxy) is 2. The van der Waals surface area contributed by atoms with Crippen molar-refractivity contribution in [2.45, 2.75) is 12.8 Å². The predicted molar refractivity (Wildman–Crippen MR) is 152 cm³/mol. The zero-order valence-corrected chi connectivity index (χ0v) is 21.7. The van der Waals surface area contributed by atoms with Crippen molar-refractivity contribution in [3.8, 4) is 11.5 Å². The third-order valence-corrected chi connectivity index (χ3v) is 6.59. The molecule has 6 aromatic rings. The highest BCUT2D eigenvalue weighted by Crippen LogP contribution is 2.31. The van der Waals surface area contributed by atoms with Gasteiger partial charge in [-0.3, -0.25) is 9.59 Å². The fourth-order valence-corrected chi connectivity index (χ4v) is 4.56. The lowest BCUT2D eigenvalue weighted by atomic mass is 10.1. The Labute approximate surface area is 230 Å². The number of rotatable bonds is 11. The van der Waals surface area contributed by atoms with Crippen LogP contribution >= 0.6 is 0 Å². The Morgan fingerprint density at radius 1 is 0.525 bits per heavy atom. The normalized spacial score (nSPS) is 11.1. The molecule has 0 atom stereocenters.